The molecule has 0 aliphatic heterocycles. The lowest BCUT2D eigenvalue weighted by atomic mass is 9.77. The standard InChI is InChI=1S/C21H20Cl2N2O4S/c1-21(2)10-18(26)16(19(27)11-21)12-24-14-6-7-17(23)20(9-14)30(28,29)25-15-5-3-4-13(22)8-15/h3-9,12,25-26H,10-11H2,1-2H3. The molecule has 9 heteroatoms. The van der Waals surface area contributed by atoms with E-state index in [4.69, 9.17) is 23.2 Å². The fraction of sp³-hybridized carbons (Fsp3) is 0.238. The first-order valence-corrected chi connectivity index (χ1v) is 11.3. The first-order chi connectivity index (χ1) is 14.0. The lowest BCUT2D eigenvalue weighted by Crippen LogP contribution is -2.26. The molecule has 6 nitrogen and oxygen atoms in total. The van der Waals surface area contributed by atoms with Crippen molar-refractivity contribution in [2.24, 2.45) is 10.4 Å². The molecule has 0 radical (unpaired) electrons. The number of rotatable bonds is 5. The van der Waals surface area contributed by atoms with Gasteiger partial charge in [-0.15, -0.1) is 0 Å². The molecule has 2 N–H and O–H groups in total. The first kappa shape index (κ1) is 22.3. The molecule has 0 atom stereocenters. The van der Waals surface area contributed by atoms with Crippen LogP contribution < -0.4 is 4.72 Å². The number of hydrogen-bond donors (Lipinski definition) is 2. The maximum absolute atomic E-state index is 12.8. The number of benzene rings is 2. The number of halogens is 2. The molecule has 0 amide bonds. The van der Waals surface area contributed by atoms with Crippen LogP contribution in [0.15, 0.2) is 63.7 Å². The molecule has 0 spiro atoms. The zero-order valence-electron chi connectivity index (χ0n) is 16.3. The van der Waals surface area contributed by atoms with Crippen LogP contribution in [0.5, 0.6) is 0 Å². The fourth-order valence-electron chi connectivity index (χ4n) is 3.13. The fourth-order valence-corrected chi connectivity index (χ4v) is 4.89. The second-order valence-electron chi connectivity index (χ2n) is 7.79. The summed E-state index contributed by atoms with van der Waals surface area (Å²) in [5, 5.41) is 10.6. The Kier molecular flexibility index (Phi) is 6.26. The number of nitrogens with zero attached hydrogens (tertiary/aromatic N) is 1. The van der Waals surface area contributed by atoms with Gasteiger partial charge in [0.1, 0.15) is 10.7 Å². The van der Waals surface area contributed by atoms with Gasteiger partial charge in [0, 0.05) is 24.1 Å². The van der Waals surface area contributed by atoms with Crippen LogP contribution in [0.2, 0.25) is 10.0 Å². The van der Waals surface area contributed by atoms with Crippen LogP contribution in [-0.4, -0.2) is 25.5 Å². The number of aliphatic hydroxyl groups is 1. The third-order valence-electron chi connectivity index (χ3n) is 4.52. The predicted molar refractivity (Wildman–Crippen MR) is 120 cm³/mol. The molecule has 0 aromatic heterocycles. The van der Waals surface area contributed by atoms with Crippen molar-refractivity contribution in [3.63, 3.8) is 0 Å². The van der Waals surface area contributed by atoms with Gasteiger partial charge in [0.2, 0.25) is 0 Å². The van der Waals surface area contributed by atoms with E-state index in [0.717, 1.165) is 0 Å². The number of aliphatic hydroxyl groups excluding tert-OH is 1. The summed E-state index contributed by atoms with van der Waals surface area (Å²) in [6.07, 6.45) is 1.92. The van der Waals surface area contributed by atoms with Gasteiger partial charge in [-0.25, -0.2) is 8.42 Å². The minimum Gasteiger partial charge on any atom is -0.511 e. The molecule has 30 heavy (non-hydrogen) atoms. The number of carbonyl (C=O) groups excluding carboxylic acids is 1. The summed E-state index contributed by atoms with van der Waals surface area (Å²) >= 11 is 12.0. The maximum atomic E-state index is 12.8. The van der Waals surface area contributed by atoms with Crippen LogP contribution in [0.4, 0.5) is 11.4 Å². The molecule has 158 valence electrons. The number of sulfonamides is 1. The molecule has 1 aliphatic carbocycles. The average molecular weight is 467 g/mol. The van der Waals surface area contributed by atoms with Gasteiger partial charge < -0.3 is 5.11 Å². The van der Waals surface area contributed by atoms with Gasteiger partial charge >= 0.3 is 0 Å². The van der Waals surface area contributed by atoms with Gasteiger partial charge in [-0.3, -0.25) is 14.5 Å². The third-order valence-corrected chi connectivity index (χ3v) is 6.62. The van der Waals surface area contributed by atoms with E-state index in [1.165, 1.54) is 30.5 Å². The monoisotopic (exact) mass is 466 g/mol. The SMILES string of the molecule is CC1(C)CC(=O)C(C=Nc2ccc(Cl)c(S(=O)(=O)Nc3cccc(Cl)c3)c2)=C(O)C1. The maximum Gasteiger partial charge on any atom is 0.263 e. The largest absolute Gasteiger partial charge is 0.511 e. The second-order valence-corrected chi connectivity index (χ2v) is 10.3. The molecule has 0 fully saturated rings. The van der Waals surface area contributed by atoms with Gasteiger partial charge in [-0.1, -0.05) is 43.1 Å². The van der Waals surface area contributed by atoms with Crippen LogP contribution in [-0.2, 0) is 14.8 Å². The van der Waals surface area contributed by atoms with Crippen LogP contribution >= 0.6 is 23.2 Å². The number of Topliss-reactive ketones (excluding diaryl/α,β-unsaturated/α-hetero) is 1. The Hall–Kier alpha value is -2.35. The van der Waals surface area contributed by atoms with Crippen molar-refractivity contribution in [3.05, 3.63) is 63.8 Å². The van der Waals surface area contributed by atoms with E-state index in [9.17, 15) is 18.3 Å². The number of hydrogen-bond acceptors (Lipinski definition) is 5. The van der Waals surface area contributed by atoms with E-state index in [0.29, 0.717) is 17.9 Å². The highest BCUT2D eigenvalue weighted by molar-refractivity contribution is 7.92. The highest BCUT2D eigenvalue weighted by atomic mass is 35.5. The van der Waals surface area contributed by atoms with Gasteiger partial charge in [-0.05, 0) is 41.8 Å². The number of carbonyl (C=O) groups is 1. The summed E-state index contributed by atoms with van der Waals surface area (Å²) in [6.45, 7) is 3.80. The molecule has 0 bridgehead atoms. The highest BCUT2D eigenvalue weighted by Crippen LogP contribution is 2.35. The summed E-state index contributed by atoms with van der Waals surface area (Å²) in [5.74, 6) is -0.235. The molecule has 0 heterocycles. The number of aliphatic imine (C=N–C) groups is 1. The quantitative estimate of drug-likeness (QED) is 0.552. The second kappa shape index (κ2) is 8.41. The van der Waals surface area contributed by atoms with E-state index in [1.807, 2.05) is 13.8 Å². The molecule has 3 rings (SSSR count). The van der Waals surface area contributed by atoms with Gasteiger partial charge in [0.25, 0.3) is 10.0 Å². The Morgan fingerprint density at radius 1 is 1.13 bits per heavy atom. The molecule has 0 saturated heterocycles. The summed E-state index contributed by atoms with van der Waals surface area (Å²) in [7, 11) is -4.01. The smallest absolute Gasteiger partial charge is 0.263 e. The van der Waals surface area contributed by atoms with Crippen LogP contribution in [0, 0.1) is 5.41 Å². The van der Waals surface area contributed by atoms with Crippen molar-refractivity contribution in [1.82, 2.24) is 0 Å². The number of ketones is 1. The molecule has 1 aliphatic rings. The number of anilines is 1. The number of allylic oxidation sites excluding steroid dienone is 2. The molecule has 2 aromatic rings. The van der Waals surface area contributed by atoms with Crippen molar-refractivity contribution < 1.29 is 18.3 Å². The van der Waals surface area contributed by atoms with Crippen molar-refractivity contribution in [2.75, 3.05) is 4.72 Å². The Labute approximate surface area is 185 Å². The Morgan fingerprint density at radius 3 is 2.53 bits per heavy atom. The highest BCUT2D eigenvalue weighted by Gasteiger charge is 2.32. The van der Waals surface area contributed by atoms with E-state index >= 15 is 0 Å². The number of nitrogens with one attached hydrogen (secondary N) is 1. The van der Waals surface area contributed by atoms with Crippen molar-refractivity contribution >= 4 is 56.6 Å². The average Bonchev–Trinajstić information content (AvgIpc) is 2.60. The minimum atomic E-state index is -4.01. The Morgan fingerprint density at radius 2 is 1.87 bits per heavy atom. The van der Waals surface area contributed by atoms with E-state index in [1.54, 1.807) is 18.2 Å². The van der Waals surface area contributed by atoms with Gasteiger partial charge in [0.05, 0.1) is 22.0 Å². The molecule has 0 saturated carbocycles. The summed E-state index contributed by atoms with van der Waals surface area (Å²) in [4.78, 5) is 16.3. The summed E-state index contributed by atoms with van der Waals surface area (Å²) in [6, 6.07) is 10.5. The summed E-state index contributed by atoms with van der Waals surface area (Å²) < 4.78 is 28.0. The van der Waals surface area contributed by atoms with E-state index in [2.05, 4.69) is 9.71 Å². The zero-order valence-corrected chi connectivity index (χ0v) is 18.6. The Bertz CT molecular complexity index is 1170. The zero-order chi connectivity index (χ0) is 22.1. The molecule has 2 aromatic carbocycles. The van der Waals surface area contributed by atoms with Crippen molar-refractivity contribution in [3.8, 4) is 0 Å². The Balaban J connectivity index is 1.90. The normalized spacial score (nSPS) is 16.9. The van der Waals surface area contributed by atoms with Crippen molar-refractivity contribution in [2.45, 2.75) is 31.6 Å². The van der Waals surface area contributed by atoms with Crippen LogP contribution in [0.1, 0.15) is 26.7 Å². The van der Waals surface area contributed by atoms with Crippen molar-refractivity contribution in [1.29, 1.82) is 0 Å². The third kappa shape index (κ3) is 5.22. The lowest BCUT2D eigenvalue weighted by Gasteiger charge is -2.28. The summed E-state index contributed by atoms with van der Waals surface area (Å²) in [5.41, 5.74) is 0.374. The van der Waals surface area contributed by atoms with E-state index in [-0.39, 0.29) is 43.8 Å². The van der Waals surface area contributed by atoms with Gasteiger partial charge in [0.15, 0.2) is 5.78 Å². The van der Waals surface area contributed by atoms with E-state index < -0.39 is 10.0 Å². The predicted octanol–water partition coefficient (Wildman–Crippen LogP) is 5.70. The molecular formula is C21H20Cl2N2O4S. The lowest BCUT2D eigenvalue weighted by molar-refractivity contribution is -0.117. The van der Waals surface area contributed by atoms with Gasteiger partial charge in [-0.2, -0.15) is 0 Å². The molecular weight excluding hydrogens is 447 g/mol. The minimum absolute atomic E-state index is 0.0148. The first-order valence-electron chi connectivity index (χ1n) is 9.04. The van der Waals surface area contributed by atoms with Crippen LogP contribution in [0.25, 0.3) is 0 Å². The molecule has 0 unspecified atom stereocenters. The van der Waals surface area contributed by atoms with Crippen LogP contribution in [0.3, 0.4) is 0 Å². The topological polar surface area (TPSA) is 95.8 Å².